The molecule has 0 spiro atoms. The molecule has 0 saturated heterocycles. The van der Waals surface area contributed by atoms with E-state index in [4.69, 9.17) is 4.74 Å². The summed E-state index contributed by atoms with van der Waals surface area (Å²) >= 11 is 0. The van der Waals surface area contributed by atoms with E-state index in [2.05, 4.69) is 10.3 Å². The third-order valence-corrected chi connectivity index (χ3v) is 1.60. The lowest BCUT2D eigenvalue weighted by Crippen LogP contribution is -2.19. The number of halogens is 1. The van der Waals surface area contributed by atoms with E-state index in [0.717, 1.165) is 6.42 Å². The van der Waals surface area contributed by atoms with Gasteiger partial charge in [0.25, 0.3) is 5.91 Å². The maximum Gasteiger partial charge on any atom is 0.251 e. The van der Waals surface area contributed by atoms with Crippen molar-refractivity contribution in [1.29, 1.82) is 0 Å². The first kappa shape index (κ1) is 11.6. The first-order chi connectivity index (χ1) is 7.24. The molecule has 0 atom stereocenters. The summed E-state index contributed by atoms with van der Waals surface area (Å²) in [5, 5.41) is 2.32. The minimum absolute atomic E-state index is 0.0670. The number of nitrogens with one attached hydrogen (secondary N) is 1. The van der Waals surface area contributed by atoms with Gasteiger partial charge in [0.15, 0.2) is 11.6 Å². The number of rotatable bonds is 5. The van der Waals surface area contributed by atoms with Crippen LogP contribution in [0.1, 0.15) is 13.3 Å². The number of nitrogens with zero attached hydrogens (tertiary/aromatic N) is 1. The molecule has 0 aliphatic rings. The Morgan fingerprint density at radius 3 is 3.13 bits per heavy atom. The van der Waals surface area contributed by atoms with E-state index < -0.39 is 11.7 Å². The summed E-state index contributed by atoms with van der Waals surface area (Å²) in [6.07, 6.45) is 2.25. The Balaban J connectivity index is 2.41. The van der Waals surface area contributed by atoms with Crippen LogP contribution in [-0.2, 0) is 9.53 Å². The molecule has 15 heavy (non-hydrogen) atoms. The summed E-state index contributed by atoms with van der Waals surface area (Å²) < 4.78 is 18.0. The van der Waals surface area contributed by atoms with Crippen molar-refractivity contribution < 1.29 is 13.9 Å². The molecule has 0 unspecified atom stereocenters. The molecule has 4 nitrogen and oxygen atoms in total. The molecule has 0 radical (unpaired) electrons. The molecule has 5 heteroatoms. The van der Waals surface area contributed by atoms with Crippen LogP contribution in [-0.4, -0.2) is 24.1 Å². The van der Waals surface area contributed by atoms with E-state index in [0.29, 0.717) is 6.61 Å². The fourth-order valence-corrected chi connectivity index (χ4v) is 0.955. The minimum atomic E-state index is -0.554. The zero-order chi connectivity index (χ0) is 11.1. The average Bonchev–Trinajstić information content (AvgIpc) is 2.22. The lowest BCUT2D eigenvalue weighted by Gasteiger charge is -2.05. The highest BCUT2D eigenvalue weighted by Gasteiger charge is 2.06. The van der Waals surface area contributed by atoms with Crippen LogP contribution in [0.3, 0.4) is 0 Å². The van der Waals surface area contributed by atoms with Crippen LogP contribution in [0.15, 0.2) is 18.3 Å². The van der Waals surface area contributed by atoms with Crippen molar-refractivity contribution in [3.63, 3.8) is 0 Å². The third-order valence-electron chi connectivity index (χ3n) is 1.60. The van der Waals surface area contributed by atoms with Gasteiger partial charge in [-0.1, -0.05) is 6.92 Å². The summed E-state index contributed by atoms with van der Waals surface area (Å²) in [5.74, 6) is -1.02. The normalized spacial score (nSPS) is 10.0. The molecule has 0 saturated carbocycles. The van der Waals surface area contributed by atoms with E-state index in [1.807, 2.05) is 6.92 Å². The molecular formula is C10H13FN2O2. The van der Waals surface area contributed by atoms with Crippen molar-refractivity contribution in [3.05, 3.63) is 24.1 Å². The molecule has 82 valence electrons. The fourth-order valence-electron chi connectivity index (χ4n) is 0.955. The van der Waals surface area contributed by atoms with Crippen molar-refractivity contribution in [2.75, 3.05) is 18.5 Å². The van der Waals surface area contributed by atoms with Crippen LogP contribution < -0.4 is 5.32 Å². The van der Waals surface area contributed by atoms with Crippen LogP contribution in [0.25, 0.3) is 0 Å². The van der Waals surface area contributed by atoms with Gasteiger partial charge in [-0.25, -0.2) is 9.37 Å². The van der Waals surface area contributed by atoms with Gasteiger partial charge in [-0.15, -0.1) is 0 Å². The van der Waals surface area contributed by atoms with E-state index in [1.54, 1.807) is 0 Å². The number of aromatic nitrogens is 1. The largest absolute Gasteiger partial charge is 0.372 e. The Kier molecular flexibility index (Phi) is 4.70. The number of amides is 1. The van der Waals surface area contributed by atoms with Crippen LogP contribution in [0.2, 0.25) is 0 Å². The van der Waals surface area contributed by atoms with Gasteiger partial charge in [-0.2, -0.15) is 0 Å². The highest BCUT2D eigenvalue weighted by molar-refractivity contribution is 5.90. The Hall–Kier alpha value is -1.49. The van der Waals surface area contributed by atoms with Crippen molar-refractivity contribution >= 4 is 11.7 Å². The Morgan fingerprint density at radius 2 is 2.47 bits per heavy atom. The van der Waals surface area contributed by atoms with Crippen LogP contribution in [0.4, 0.5) is 10.2 Å². The van der Waals surface area contributed by atoms with Gasteiger partial charge in [-0.05, 0) is 18.6 Å². The zero-order valence-corrected chi connectivity index (χ0v) is 8.50. The molecule has 1 aromatic rings. The van der Waals surface area contributed by atoms with Gasteiger partial charge in [0, 0.05) is 12.8 Å². The van der Waals surface area contributed by atoms with Crippen LogP contribution in [0, 0.1) is 5.82 Å². The monoisotopic (exact) mass is 212 g/mol. The van der Waals surface area contributed by atoms with Crippen molar-refractivity contribution in [3.8, 4) is 0 Å². The molecule has 0 aliphatic carbocycles. The van der Waals surface area contributed by atoms with Gasteiger partial charge < -0.3 is 10.1 Å². The van der Waals surface area contributed by atoms with Gasteiger partial charge in [-0.3, -0.25) is 4.79 Å². The van der Waals surface area contributed by atoms with Gasteiger partial charge in [0.1, 0.15) is 6.61 Å². The molecule has 0 aromatic carbocycles. The quantitative estimate of drug-likeness (QED) is 0.754. The number of ether oxygens (including phenoxy) is 1. The van der Waals surface area contributed by atoms with Gasteiger partial charge in [0.2, 0.25) is 0 Å². The summed E-state index contributed by atoms with van der Waals surface area (Å²) in [5.41, 5.74) is 0. The average molecular weight is 212 g/mol. The molecule has 1 heterocycles. The molecule has 1 rings (SSSR count). The van der Waals surface area contributed by atoms with E-state index >= 15 is 0 Å². The Labute approximate surface area is 87.5 Å². The SMILES string of the molecule is CCCOCC(=O)Nc1ncccc1F. The predicted octanol–water partition coefficient (Wildman–Crippen LogP) is 1.59. The Bertz CT molecular complexity index is 331. The standard InChI is InChI=1S/C10H13FN2O2/c1-2-6-15-7-9(14)13-10-8(11)4-3-5-12-10/h3-5H,2,6-7H2,1H3,(H,12,13,14). The Morgan fingerprint density at radius 1 is 1.67 bits per heavy atom. The molecule has 0 bridgehead atoms. The predicted molar refractivity (Wildman–Crippen MR) is 53.9 cm³/mol. The molecule has 0 fully saturated rings. The molecule has 0 aliphatic heterocycles. The topological polar surface area (TPSA) is 51.2 Å². The van der Waals surface area contributed by atoms with Gasteiger partial charge >= 0.3 is 0 Å². The van der Waals surface area contributed by atoms with Crippen LogP contribution >= 0.6 is 0 Å². The lowest BCUT2D eigenvalue weighted by molar-refractivity contribution is -0.120. The zero-order valence-electron chi connectivity index (χ0n) is 8.50. The number of hydrogen-bond donors (Lipinski definition) is 1. The molecular weight excluding hydrogens is 199 g/mol. The second-order valence-corrected chi connectivity index (χ2v) is 2.93. The minimum Gasteiger partial charge on any atom is -0.372 e. The number of carbonyl (C=O) groups excluding carboxylic acids is 1. The van der Waals surface area contributed by atoms with Gasteiger partial charge in [0.05, 0.1) is 0 Å². The number of carbonyl (C=O) groups is 1. The smallest absolute Gasteiger partial charge is 0.251 e. The highest BCUT2D eigenvalue weighted by atomic mass is 19.1. The van der Waals surface area contributed by atoms with Crippen molar-refractivity contribution in [2.45, 2.75) is 13.3 Å². The summed E-state index contributed by atoms with van der Waals surface area (Å²) in [6, 6.07) is 2.69. The lowest BCUT2D eigenvalue weighted by atomic mass is 10.4. The fraction of sp³-hybridized carbons (Fsp3) is 0.400. The molecule has 1 aromatic heterocycles. The molecule has 1 N–H and O–H groups in total. The molecule has 1 amide bonds. The maximum atomic E-state index is 13.0. The van der Waals surface area contributed by atoms with E-state index in [9.17, 15) is 9.18 Å². The van der Waals surface area contributed by atoms with Crippen molar-refractivity contribution in [1.82, 2.24) is 4.98 Å². The van der Waals surface area contributed by atoms with Crippen molar-refractivity contribution in [2.24, 2.45) is 0 Å². The summed E-state index contributed by atoms with van der Waals surface area (Å²) in [6.45, 7) is 2.37. The first-order valence-corrected chi connectivity index (χ1v) is 4.72. The second kappa shape index (κ2) is 6.08. The first-order valence-electron chi connectivity index (χ1n) is 4.72. The second-order valence-electron chi connectivity index (χ2n) is 2.93. The maximum absolute atomic E-state index is 13.0. The number of hydrogen-bond acceptors (Lipinski definition) is 3. The number of anilines is 1. The summed E-state index contributed by atoms with van der Waals surface area (Å²) in [4.78, 5) is 14.9. The van der Waals surface area contributed by atoms with E-state index in [1.165, 1.54) is 18.3 Å². The third kappa shape index (κ3) is 4.03. The van der Waals surface area contributed by atoms with E-state index in [-0.39, 0.29) is 12.4 Å². The van der Waals surface area contributed by atoms with Crippen LogP contribution in [0.5, 0.6) is 0 Å². The highest BCUT2D eigenvalue weighted by Crippen LogP contribution is 2.07. The number of pyridine rings is 1. The summed E-state index contributed by atoms with van der Waals surface area (Å²) in [7, 11) is 0.